The lowest BCUT2D eigenvalue weighted by molar-refractivity contribution is -0.122. The molecule has 0 bridgehead atoms. The number of rotatable bonds is 4. The molecule has 86 valence electrons. The number of benzene rings is 1. The number of hydrogen-bond acceptors (Lipinski definition) is 2. The van der Waals surface area contributed by atoms with Gasteiger partial charge in [0.15, 0.2) is 0 Å². The maximum absolute atomic E-state index is 11.6. The van der Waals surface area contributed by atoms with Gasteiger partial charge in [-0.1, -0.05) is 31.2 Å². The topological polar surface area (TPSA) is 32.3 Å². The Labute approximate surface area is 96.5 Å². The molecule has 1 heterocycles. The van der Waals surface area contributed by atoms with Crippen molar-refractivity contribution in [2.24, 2.45) is 0 Å². The number of amides is 1. The molecule has 0 fully saturated rings. The van der Waals surface area contributed by atoms with Crippen molar-refractivity contribution in [3.8, 4) is 0 Å². The number of carbonyl (C=O) groups is 1. The summed E-state index contributed by atoms with van der Waals surface area (Å²) in [6.45, 7) is 5.14. The maximum atomic E-state index is 11.6. The van der Waals surface area contributed by atoms with Crippen LogP contribution in [-0.2, 0) is 17.9 Å². The van der Waals surface area contributed by atoms with Crippen LogP contribution < -0.4 is 5.32 Å². The van der Waals surface area contributed by atoms with Gasteiger partial charge in [0.1, 0.15) is 0 Å². The molecular formula is C13H18N2O. The van der Waals surface area contributed by atoms with Gasteiger partial charge >= 0.3 is 0 Å². The molecule has 0 aliphatic carbocycles. The van der Waals surface area contributed by atoms with E-state index in [1.807, 2.05) is 0 Å². The summed E-state index contributed by atoms with van der Waals surface area (Å²) in [6, 6.07) is 8.39. The average molecular weight is 218 g/mol. The van der Waals surface area contributed by atoms with E-state index in [2.05, 4.69) is 41.4 Å². The first-order valence-corrected chi connectivity index (χ1v) is 5.85. The molecule has 1 aliphatic heterocycles. The summed E-state index contributed by atoms with van der Waals surface area (Å²) in [5, 5.41) is 2.91. The molecule has 1 N–H and O–H groups in total. The van der Waals surface area contributed by atoms with Crippen LogP contribution in [0.15, 0.2) is 24.3 Å². The van der Waals surface area contributed by atoms with Gasteiger partial charge in [-0.15, -0.1) is 0 Å². The number of hydrogen-bond donors (Lipinski definition) is 1. The molecule has 0 radical (unpaired) electrons. The Bertz CT molecular complexity index is 351. The van der Waals surface area contributed by atoms with Gasteiger partial charge in [-0.3, -0.25) is 9.69 Å². The second-order valence-corrected chi connectivity index (χ2v) is 4.26. The number of nitrogens with zero attached hydrogens (tertiary/aromatic N) is 1. The Balaban J connectivity index is 1.85. The van der Waals surface area contributed by atoms with Gasteiger partial charge in [-0.05, 0) is 17.5 Å². The van der Waals surface area contributed by atoms with Crippen LogP contribution in [-0.4, -0.2) is 23.9 Å². The highest BCUT2D eigenvalue weighted by atomic mass is 16.2. The quantitative estimate of drug-likeness (QED) is 0.831. The molecule has 0 unspecified atom stereocenters. The van der Waals surface area contributed by atoms with Crippen LogP contribution in [0.25, 0.3) is 0 Å². The summed E-state index contributed by atoms with van der Waals surface area (Å²) in [4.78, 5) is 13.7. The lowest BCUT2D eigenvalue weighted by Crippen LogP contribution is -2.34. The molecule has 0 saturated carbocycles. The average Bonchev–Trinajstić information content (AvgIpc) is 2.68. The zero-order valence-corrected chi connectivity index (χ0v) is 9.70. The van der Waals surface area contributed by atoms with E-state index in [-0.39, 0.29) is 5.91 Å². The Morgan fingerprint density at radius 2 is 1.94 bits per heavy atom. The van der Waals surface area contributed by atoms with E-state index in [1.54, 1.807) is 0 Å². The van der Waals surface area contributed by atoms with E-state index in [0.29, 0.717) is 6.54 Å². The van der Waals surface area contributed by atoms with Crippen molar-refractivity contribution in [2.45, 2.75) is 26.4 Å². The van der Waals surface area contributed by atoms with Gasteiger partial charge in [0, 0.05) is 19.6 Å². The third-order valence-electron chi connectivity index (χ3n) is 2.85. The lowest BCUT2D eigenvalue weighted by atomic mass is 10.1. The Morgan fingerprint density at radius 3 is 2.50 bits per heavy atom. The van der Waals surface area contributed by atoms with Crippen LogP contribution in [0.3, 0.4) is 0 Å². The molecule has 0 aromatic heterocycles. The van der Waals surface area contributed by atoms with Gasteiger partial charge in [0.2, 0.25) is 5.91 Å². The molecule has 3 nitrogen and oxygen atoms in total. The van der Waals surface area contributed by atoms with E-state index < -0.39 is 0 Å². The highest BCUT2D eigenvalue weighted by molar-refractivity contribution is 5.78. The zero-order valence-electron chi connectivity index (χ0n) is 9.70. The molecule has 1 amide bonds. The fourth-order valence-corrected chi connectivity index (χ4v) is 2.04. The Hall–Kier alpha value is -1.35. The molecule has 16 heavy (non-hydrogen) atoms. The van der Waals surface area contributed by atoms with E-state index in [0.717, 1.165) is 26.1 Å². The standard InChI is InChI=1S/C13H18N2O/c1-2-7-14-13(16)10-15-8-11-5-3-4-6-12(11)9-15/h3-6H,2,7-10H2,1H3,(H,14,16). The zero-order chi connectivity index (χ0) is 11.4. The van der Waals surface area contributed by atoms with Gasteiger partial charge < -0.3 is 5.32 Å². The minimum atomic E-state index is 0.134. The number of nitrogens with one attached hydrogen (secondary N) is 1. The second kappa shape index (κ2) is 5.12. The van der Waals surface area contributed by atoms with Crippen molar-refractivity contribution in [2.75, 3.05) is 13.1 Å². The molecule has 0 saturated heterocycles. The van der Waals surface area contributed by atoms with Gasteiger partial charge in [-0.2, -0.15) is 0 Å². The van der Waals surface area contributed by atoms with Crippen molar-refractivity contribution in [1.29, 1.82) is 0 Å². The molecule has 2 rings (SSSR count). The first kappa shape index (κ1) is 11.1. The summed E-state index contributed by atoms with van der Waals surface area (Å²) < 4.78 is 0. The van der Waals surface area contributed by atoms with Gasteiger partial charge in [-0.25, -0.2) is 0 Å². The monoisotopic (exact) mass is 218 g/mol. The van der Waals surface area contributed by atoms with Crippen molar-refractivity contribution >= 4 is 5.91 Å². The lowest BCUT2D eigenvalue weighted by Gasteiger charge is -2.13. The van der Waals surface area contributed by atoms with E-state index in [1.165, 1.54) is 11.1 Å². The fourth-order valence-electron chi connectivity index (χ4n) is 2.04. The third-order valence-corrected chi connectivity index (χ3v) is 2.85. The molecule has 1 aromatic rings. The summed E-state index contributed by atoms with van der Waals surface area (Å²) >= 11 is 0. The fraction of sp³-hybridized carbons (Fsp3) is 0.462. The highest BCUT2D eigenvalue weighted by Crippen LogP contribution is 2.21. The molecular weight excluding hydrogens is 200 g/mol. The normalized spacial score (nSPS) is 14.8. The smallest absolute Gasteiger partial charge is 0.234 e. The third kappa shape index (κ3) is 2.61. The summed E-state index contributed by atoms with van der Waals surface area (Å²) in [5.41, 5.74) is 2.71. The van der Waals surface area contributed by atoms with E-state index in [4.69, 9.17) is 0 Å². The molecule has 1 aromatic carbocycles. The van der Waals surface area contributed by atoms with Gasteiger partial charge in [0.05, 0.1) is 6.54 Å². The number of carbonyl (C=O) groups excluding carboxylic acids is 1. The van der Waals surface area contributed by atoms with E-state index >= 15 is 0 Å². The van der Waals surface area contributed by atoms with Crippen LogP contribution in [0.5, 0.6) is 0 Å². The Morgan fingerprint density at radius 1 is 1.31 bits per heavy atom. The first-order chi connectivity index (χ1) is 7.79. The largest absolute Gasteiger partial charge is 0.355 e. The molecule has 0 spiro atoms. The summed E-state index contributed by atoms with van der Waals surface area (Å²) in [7, 11) is 0. The maximum Gasteiger partial charge on any atom is 0.234 e. The molecule has 0 atom stereocenters. The van der Waals surface area contributed by atoms with Crippen molar-refractivity contribution in [3.05, 3.63) is 35.4 Å². The minimum absolute atomic E-state index is 0.134. The van der Waals surface area contributed by atoms with Crippen molar-refractivity contribution in [1.82, 2.24) is 10.2 Å². The van der Waals surface area contributed by atoms with Crippen LogP contribution in [0.1, 0.15) is 24.5 Å². The summed E-state index contributed by atoms with van der Waals surface area (Å²) in [6.07, 6.45) is 0.992. The van der Waals surface area contributed by atoms with Crippen molar-refractivity contribution in [3.63, 3.8) is 0 Å². The van der Waals surface area contributed by atoms with Crippen LogP contribution in [0.4, 0.5) is 0 Å². The second-order valence-electron chi connectivity index (χ2n) is 4.26. The predicted molar refractivity (Wildman–Crippen MR) is 63.9 cm³/mol. The van der Waals surface area contributed by atoms with Crippen LogP contribution >= 0.6 is 0 Å². The predicted octanol–water partition coefficient (Wildman–Crippen LogP) is 1.53. The molecule has 1 aliphatic rings. The van der Waals surface area contributed by atoms with Crippen LogP contribution in [0, 0.1) is 0 Å². The van der Waals surface area contributed by atoms with Gasteiger partial charge in [0.25, 0.3) is 0 Å². The van der Waals surface area contributed by atoms with E-state index in [9.17, 15) is 4.79 Å². The Kier molecular flexibility index (Phi) is 3.57. The minimum Gasteiger partial charge on any atom is -0.355 e. The summed E-state index contributed by atoms with van der Waals surface area (Å²) in [5.74, 6) is 0.134. The molecule has 3 heteroatoms. The highest BCUT2D eigenvalue weighted by Gasteiger charge is 2.19. The first-order valence-electron chi connectivity index (χ1n) is 5.85. The van der Waals surface area contributed by atoms with Crippen molar-refractivity contribution < 1.29 is 4.79 Å². The SMILES string of the molecule is CCCNC(=O)CN1Cc2ccccc2C1. The number of fused-ring (bicyclic) bond motifs is 1. The van der Waals surface area contributed by atoms with Crippen LogP contribution in [0.2, 0.25) is 0 Å².